The van der Waals surface area contributed by atoms with Crippen LogP contribution in [0.3, 0.4) is 0 Å². The van der Waals surface area contributed by atoms with E-state index < -0.39 is 17.5 Å². The van der Waals surface area contributed by atoms with Gasteiger partial charge in [0.15, 0.2) is 0 Å². The van der Waals surface area contributed by atoms with Crippen LogP contribution < -0.4 is 15.5 Å². The van der Waals surface area contributed by atoms with Crippen molar-refractivity contribution in [2.24, 2.45) is 24.3 Å². The molecule has 35 heavy (non-hydrogen) atoms. The molecule has 1 aromatic heterocycles. The zero-order valence-corrected chi connectivity index (χ0v) is 20.5. The highest BCUT2D eigenvalue weighted by Crippen LogP contribution is 2.60. The summed E-state index contributed by atoms with van der Waals surface area (Å²) in [6.07, 6.45) is 6.36. The van der Waals surface area contributed by atoms with Crippen molar-refractivity contribution in [2.45, 2.75) is 44.8 Å². The van der Waals surface area contributed by atoms with E-state index >= 15 is 0 Å². The third-order valence-electron chi connectivity index (χ3n) is 8.07. The van der Waals surface area contributed by atoms with Crippen molar-refractivity contribution in [3.63, 3.8) is 0 Å². The van der Waals surface area contributed by atoms with Crippen molar-refractivity contribution in [2.75, 3.05) is 36.5 Å². The van der Waals surface area contributed by atoms with Crippen molar-refractivity contribution in [3.8, 4) is 0 Å². The van der Waals surface area contributed by atoms with Crippen LogP contribution in [0.4, 0.5) is 11.4 Å². The average Bonchev–Trinajstić information content (AvgIpc) is 3.41. The van der Waals surface area contributed by atoms with E-state index in [-0.39, 0.29) is 17.3 Å². The first kappa shape index (κ1) is 23.8. The molecule has 1 aliphatic heterocycles. The number of rotatable bonds is 8. The predicted molar refractivity (Wildman–Crippen MR) is 132 cm³/mol. The molecule has 2 atom stereocenters. The number of anilines is 2. The van der Waals surface area contributed by atoms with Gasteiger partial charge in [-0.3, -0.25) is 14.3 Å². The third kappa shape index (κ3) is 4.67. The molecule has 2 aromatic rings. The molecule has 2 unspecified atom stereocenters. The van der Waals surface area contributed by atoms with Crippen molar-refractivity contribution in [3.05, 3.63) is 42.2 Å². The molecule has 188 valence electrons. The highest BCUT2D eigenvalue weighted by molar-refractivity contribution is 6.02. The molecule has 9 heteroatoms. The molecule has 2 heterocycles. The van der Waals surface area contributed by atoms with Gasteiger partial charge in [-0.15, -0.1) is 0 Å². The predicted octanol–water partition coefficient (Wildman–Crippen LogP) is 2.53. The number of carbonyl (C=O) groups is 2. The van der Waals surface area contributed by atoms with E-state index in [4.69, 9.17) is 4.74 Å². The van der Waals surface area contributed by atoms with Crippen LogP contribution in [0, 0.1) is 17.3 Å². The van der Waals surface area contributed by atoms with Gasteiger partial charge in [0.1, 0.15) is 5.69 Å². The second-order valence-corrected chi connectivity index (χ2v) is 10.5. The molecule has 2 saturated carbocycles. The molecule has 3 fully saturated rings. The van der Waals surface area contributed by atoms with E-state index in [1.807, 2.05) is 24.3 Å². The Labute approximate surface area is 205 Å². The fraction of sp³-hybridized carbons (Fsp3) is 0.577. The van der Waals surface area contributed by atoms with Gasteiger partial charge in [0.25, 0.3) is 11.8 Å². The van der Waals surface area contributed by atoms with Gasteiger partial charge >= 0.3 is 0 Å². The number of aryl methyl sites for hydroxylation is 1. The molecular formula is C26H35N5O4. The number of amides is 2. The van der Waals surface area contributed by atoms with Crippen LogP contribution >= 0.6 is 0 Å². The summed E-state index contributed by atoms with van der Waals surface area (Å²) in [6, 6.07) is 9.17. The van der Waals surface area contributed by atoms with Crippen LogP contribution in [0.15, 0.2) is 36.5 Å². The summed E-state index contributed by atoms with van der Waals surface area (Å²) >= 11 is 0. The van der Waals surface area contributed by atoms with Crippen molar-refractivity contribution in [1.29, 1.82) is 0 Å². The smallest absolute Gasteiger partial charge is 0.277 e. The molecule has 2 amide bonds. The minimum atomic E-state index is -2.04. The lowest BCUT2D eigenvalue weighted by Gasteiger charge is -2.46. The Bertz CT molecular complexity index is 1070. The average molecular weight is 482 g/mol. The molecule has 3 N–H and O–H groups in total. The van der Waals surface area contributed by atoms with Gasteiger partial charge in [-0.2, -0.15) is 5.10 Å². The van der Waals surface area contributed by atoms with Crippen LogP contribution in [-0.4, -0.2) is 58.7 Å². The van der Waals surface area contributed by atoms with Crippen LogP contribution in [0.5, 0.6) is 0 Å². The van der Waals surface area contributed by atoms with Gasteiger partial charge in [-0.1, -0.05) is 13.3 Å². The molecule has 2 aliphatic carbocycles. The lowest BCUT2D eigenvalue weighted by atomic mass is 9.64. The summed E-state index contributed by atoms with van der Waals surface area (Å²) in [5, 5.41) is 21.7. The van der Waals surface area contributed by atoms with E-state index in [9.17, 15) is 14.7 Å². The monoisotopic (exact) mass is 481 g/mol. The van der Waals surface area contributed by atoms with Gasteiger partial charge in [0, 0.05) is 43.6 Å². The standard InChI is InChI=1S/C26H35N5O4/c1-25(11-12-25)22(18-4-3-5-18)26(34,29-23(32)21-10-13-27-30(21)2)24(33)28-19-6-8-20(9-7-19)31-14-16-35-17-15-31/h6-10,13,18,22,34H,3-5,11-12,14-17H2,1-2H3,(H,28,33)(H,29,32). The molecule has 9 nitrogen and oxygen atoms in total. The maximum atomic E-state index is 13.7. The topological polar surface area (TPSA) is 109 Å². The van der Waals surface area contributed by atoms with Crippen LogP contribution in [0.25, 0.3) is 0 Å². The second-order valence-electron chi connectivity index (χ2n) is 10.5. The van der Waals surface area contributed by atoms with Crippen LogP contribution in [-0.2, 0) is 16.6 Å². The SMILES string of the molecule is Cn1nccc1C(=O)NC(O)(C(=O)Nc1ccc(N2CCOCC2)cc1)C(C1CCC1)C1(C)CC1. The molecule has 0 radical (unpaired) electrons. The minimum Gasteiger partial charge on any atom is -0.378 e. The maximum absolute atomic E-state index is 13.7. The number of nitrogens with zero attached hydrogens (tertiary/aromatic N) is 3. The summed E-state index contributed by atoms with van der Waals surface area (Å²) in [6.45, 7) is 5.16. The summed E-state index contributed by atoms with van der Waals surface area (Å²) in [4.78, 5) is 29.2. The number of benzene rings is 1. The number of ether oxygens (including phenoxy) is 1. The van der Waals surface area contributed by atoms with Gasteiger partial charge in [0.2, 0.25) is 5.72 Å². The maximum Gasteiger partial charge on any atom is 0.277 e. The van der Waals surface area contributed by atoms with E-state index in [2.05, 4.69) is 27.6 Å². The number of hydrogen-bond donors (Lipinski definition) is 3. The second kappa shape index (κ2) is 9.28. The Balaban J connectivity index is 1.40. The van der Waals surface area contributed by atoms with Gasteiger partial charge in [-0.05, 0) is 67.3 Å². The normalized spacial score (nSPS) is 22.0. The largest absolute Gasteiger partial charge is 0.378 e. The highest BCUT2D eigenvalue weighted by Gasteiger charge is 2.61. The molecule has 1 saturated heterocycles. The first-order valence-electron chi connectivity index (χ1n) is 12.6. The zero-order valence-electron chi connectivity index (χ0n) is 20.5. The number of carbonyl (C=O) groups excluding carboxylic acids is 2. The Hall–Kier alpha value is -2.91. The van der Waals surface area contributed by atoms with Gasteiger partial charge in [-0.25, -0.2) is 0 Å². The summed E-state index contributed by atoms with van der Waals surface area (Å²) in [5.74, 6) is -1.29. The molecule has 0 spiro atoms. The van der Waals surface area contributed by atoms with Crippen LogP contribution in [0.1, 0.15) is 49.5 Å². The molecule has 1 aromatic carbocycles. The Morgan fingerprint density at radius 1 is 1.17 bits per heavy atom. The van der Waals surface area contributed by atoms with Crippen molar-refractivity contribution in [1.82, 2.24) is 15.1 Å². The lowest BCUT2D eigenvalue weighted by Crippen LogP contribution is -2.65. The molecule has 0 bridgehead atoms. The zero-order chi connectivity index (χ0) is 24.6. The van der Waals surface area contributed by atoms with Crippen LogP contribution in [0.2, 0.25) is 0 Å². The fourth-order valence-corrected chi connectivity index (χ4v) is 5.61. The van der Waals surface area contributed by atoms with E-state index in [0.717, 1.165) is 50.9 Å². The number of morpholine rings is 1. The first-order chi connectivity index (χ1) is 16.8. The molecular weight excluding hydrogens is 446 g/mol. The number of aliphatic hydroxyl groups is 1. The lowest BCUT2D eigenvalue weighted by molar-refractivity contribution is -0.155. The number of nitrogens with one attached hydrogen (secondary N) is 2. The fourth-order valence-electron chi connectivity index (χ4n) is 5.61. The van der Waals surface area contributed by atoms with Gasteiger partial charge in [0.05, 0.1) is 13.2 Å². The number of hydrogen-bond acceptors (Lipinski definition) is 6. The quantitative estimate of drug-likeness (QED) is 0.500. The van der Waals surface area contributed by atoms with E-state index in [0.29, 0.717) is 24.6 Å². The Morgan fingerprint density at radius 2 is 1.86 bits per heavy atom. The van der Waals surface area contributed by atoms with E-state index in [1.165, 1.54) is 10.9 Å². The minimum absolute atomic E-state index is 0.183. The molecule has 5 rings (SSSR count). The third-order valence-corrected chi connectivity index (χ3v) is 8.07. The summed E-state index contributed by atoms with van der Waals surface area (Å²) in [7, 11) is 1.66. The summed E-state index contributed by atoms with van der Waals surface area (Å²) < 4.78 is 6.86. The van der Waals surface area contributed by atoms with Crippen molar-refractivity contribution >= 4 is 23.2 Å². The first-order valence-corrected chi connectivity index (χ1v) is 12.6. The molecule has 3 aliphatic rings. The highest BCUT2D eigenvalue weighted by atomic mass is 16.5. The van der Waals surface area contributed by atoms with Gasteiger partial charge < -0.3 is 25.4 Å². The Kier molecular flexibility index (Phi) is 6.31. The summed E-state index contributed by atoms with van der Waals surface area (Å²) in [5.41, 5.74) is -0.297. The number of aromatic nitrogens is 2. The van der Waals surface area contributed by atoms with E-state index in [1.54, 1.807) is 13.1 Å². The van der Waals surface area contributed by atoms with Crippen molar-refractivity contribution < 1.29 is 19.4 Å². The Morgan fingerprint density at radius 3 is 2.40 bits per heavy atom.